The van der Waals surface area contributed by atoms with Gasteiger partial charge in [0.05, 0.1) is 13.2 Å². The number of hydrogen-bond donors (Lipinski definition) is 3. The molecule has 2 aromatic rings. The SMILES string of the molecule is COC(CNC(=O)OCC1c2ccccc2-c2ccccc21)C(=O)NCC1(C(=O)O)CCCOC1. The van der Waals surface area contributed by atoms with Crippen molar-refractivity contribution in [2.75, 3.05) is 40.0 Å². The molecular formula is C26H30N2O7. The predicted octanol–water partition coefficient (Wildman–Crippen LogP) is 2.54. The topological polar surface area (TPSA) is 123 Å². The van der Waals surface area contributed by atoms with Gasteiger partial charge in [0.15, 0.2) is 6.10 Å². The minimum Gasteiger partial charge on any atom is -0.481 e. The molecule has 4 rings (SSSR count). The van der Waals surface area contributed by atoms with Crippen LogP contribution in [0.4, 0.5) is 4.79 Å². The first-order valence-electron chi connectivity index (χ1n) is 11.7. The number of alkyl carbamates (subject to hydrolysis) is 1. The van der Waals surface area contributed by atoms with E-state index in [1.54, 1.807) is 0 Å². The smallest absolute Gasteiger partial charge is 0.407 e. The summed E-state index contributed by atoms with van der Waals surface area (Å²) in [6.07, 6.45) is -0.632. The van der Waals surface area contributed by atoms with E-state index in [-0.39, 0.29) is 32.2 Å². The number of benzene rings is 2. The lowest BCUT2D eigenvalue weighted by Gasteiger charge is -2.33. The maximum absolute atomic E-state index is 12.6. The third-order valence-electron chi connectivity index (χ3n) is 6.73. The highest BCUT2D eigenvalue weighted by atomic mass is 16.5. The van der Waals surface area contributed by atoms with Crippen LogP contribution in [0.2, 0.25) is 0 Å². The molecule has 0 radical (unpaired) electrons. The quantitative estimate of drug-likeness (QED) is 0.502. The molecule has 1 aliphatic heterocycles. The Bertz CT molecular complexity index is 1040. The summed E-state index contributed by atoms with van der Waals surface area (Å²) in [4.78, 5) is 36.7. The van der Waals surface area contributed by atoms with Crippen LogP contribution in [0, 0.1) is 5.41 Å². The van der Waals surface area contributed by atoms with Crippen molar-refractivity contribution in [1.29, 1.82) is 0 Å². The molecule has 1 saturated heterocycles. The number of carbonyl (C=O) groups excluding carboxylic acids is 2. The minimum absolute atomic E-state index is 0.0399. The Hall–Kier alpha value is -3.43. The van der Waals surface area contributed by atoms with E-state index in [1.807, 2.05) is 36.4 Å². The zero-order valence-corrected chi connectivity index (χ0v) is 19.6. The Morgan fingerprint density at radius 3 is 2.31 bits per heavy atom. The van der Waals surface area contributed by atoms with Crippen LogP contribution in [0.3, 0.4) is 0 Å². The lowest BCUT2D eigenvalue weighted by Crippen LogP contribution is -2.51. The van der Waals surface area contributed by atoms with E-state index in [0.717, 1.165) is 22.3 Å². The van der Waals surface area contributed by atoms with Crippen LogP contribution < -0.4 is 10.6 Å². The number of nitrogens with one attached hydrogen (secondary N) is 2. The summed E-state index contributed by atoms with van der Waals surface area (Å²) in [5.74, 6) is -1.60. The Labute approximate surface area is 203 Å². The van der Waals surface area contributed by atoms with E-state index in [9.17, 15) is 19.5 Å². The van der Waals surface area contributed by atoms with E-state index in [1.165, 1.54) is 7.11 Å². The Kier molecular flexibility index (Phi) is 7.67. The standard InChI is InChI=1S/C26H30N2O7/c1-33-22(23(29)28-15-26(24(30)31)11-6-12-34-16-26)13-27-25(32)35-14-21-19-9-4-2-7-17(19)18-8-3-5-10-20(18)21/h2-5,7-10,21-22H,6,11-16H2,1H3,(H,27,32)(H,28,29)(H,30,31). The van der Waals surface area contributed by atoms with Crippen molar-refractivity contribution in [3.05, 3.63) is 59.7 Å². The van der Waals surface area contributed by atoms with Crippen molar-refractivity contribution in [1.82, 2.24) is 10.6 Å². The molecule has 9 nitrogen and oxygen atoms in total. The summed E-state index contributed by atoms with van der Waals surface area (Å²) < 4.78 is 16.0. The van der Waals surface area contributed by atoms with Gasteiger partial charge in [-0.25, -0.2) is 4.79 Å². The molecule has 3 N–H and O–H groups in total. The number of carbonyl (C=O) groups is 3. The first-order valence-corrected chi connectivity index (χ1v) is 11.7. The Balaban J connectivity index is 1.28. The van der Waals surface area contributed by atoms with E-state index < -0.39 is 29.5 Å². The summed E-state index contributed by atoms with van der Waals surface area (Å²) in [7, 11) is 1.35. The van der Waals surface area contributed by atoms with Crippen molar-refractivity contribution < 1.29 is 33.7 Å². The molecule has 2 aromatic carbocycles. The zero-order chi connectivity index (χ0) is 24.8. The molecule has 1 fully saturated rings. The molecule has 35 heavy (non-hydrogen) atoms. The number of fused-ring (bicyclic) bond motifs is 3. The van der Waals surface area contributed by atoms with E-state index in [2.05, 4.69) is 22.8 Å². The number of ether oxygens (including phenoxy) is 3. The summed E-state index contributed by atoms with van der Waals surface area (Å²) in [6.45, 7) is 0.512. The van der Waals surface area contributed by atoms with Gasteiger partial charge in [0.1, 0.15) is 12.0 Å². The molecular weight excluding hydrogens is 452 g/mol. The fourth-order valence-electron chi connectivity index (χ4n) is 4.71. The number of carboxylic acid groups (broad SMARTS) is 1. The maximum Gasteiger partial charge on any atom is 0.407 e. The number of rotatable bonds is 9. The number of hydrogen-bond acceptors (Lipinski definition) is 6. The Morgan fingerprint density at radius 1 is 1.09 bits per heavy atom. The molecule has 0 spiro atoms. The van der Waals surface area contributed by atoms with Crippen LogP contribution in [0.1, 0.15) is 29.9 Å². The summed E-state index contributed by atoms with van der Waals surface area (Å²) in [5, 5.41) is 14.8. The summed E-state index contributed by atoms with van der Waals surface area (Å²) >= 11 is 0. The molecule has 2 atom stereocenters. The van der Waals surface area contributed by atoms with Crippen molar-refractivity contribution in [3.8, 4) is 11.1 Å². The second-order valence-corrected chi connectivity index (χ2v) is 8.89. The van der Waals surface area contributed by atoms with Gasteiger partial charge in [-0.05, 0) is 35.1 Å². The molecule has 2 aliphatic rings. The van der Waals surface area contributed by atoms with Gasteiger partial charge in [-0.1, -0.05) is 48.5 Å². The lowest BCUT2D eigenvalue weighted by molar-refractivity contribution is -0.157. The molecule has 2 amide bonds. The maximum atomic E-state index is 12.6. The summed E-state index contributed by atoms with van der Waals surface area (Å²) in [5.41, 5.74) is 3.32. The van der Waals surface area contributed by atoms with Crippen LogP contribution in [-0.2, 0) is 23.8 Å². The molecule has 2 unspecified atom stereocenters. The van der Waals surface area contributed by atoms with E-state index in [0.29, 0.717) is 19.4 Å². The molecule has 186 valence electrons. The average Bonchev–Trinajstić information content (AvgIpc) is 3.20. The van der Waals surface area contributed by atoms with E-state index >= 15 is 0 Å². The second-order valence-electron chi connectivity index (χ2n) is 8.89. The van der Waals surface area contributed by atoms with Crippen molar-refractivity contribution in [2.45, 2.75) is 24.9 Å². The first kappa shape index (κ1) is 24.7. The molecule has 0 saturated carbocycles. The molecule has 0 aromatic heterocycles. The predicted molar refractivity (Wildman–Crippen MR) is 127 cm³/mol. The third kappa shape index (κ3) is 5.31. The monoisotopic (exact) mass is 482 g/mol. The zero-order valence-electron chi connectivity index (χ0n) is 19.6. The number of carboxylic acids is 1. The Morgan fingerprint density at radius 2 is 1.74 bits per heavy atom. The average molecular weight is 483 g/mol. The molecule has 1 heterocycles. The number of aliphatic carboxylic acids is 1. The molecule has 1 aliphatic carbocycles. The van der Waals surface area contributed by atoms with Gasteiger partial charge in [-0.2, -0.15) is 0 Å². The highest BCUT2D eigenvalue weighted by Gasteiger charge is 2.41. The van der Waals surface area contributed by atoms with Crippen LogP contribution >= 0.6 is 0 Å². The van der Waals surface area contributed by atoms with Crippen LogP contribution in [0.15, 0.2) is 48.5 Å². The van der Waals surface area contributed by atoms with Gasteiger partial charge in [0.25, 0.3) is 5.91 Å². The third-order valence-corrected chi connectivity index (χ3v) is 6.73. The highest BCUT2D eigenvalue weighted by Crippen LogP contribution is 2.44. The van der Waals surface area contributed by atoms with E-state index in [4.69, 9.17) is 14.2 Å². The van der Waals surface area contributed by atoms with Gasteiger partial charge in [-0.15, -0.1) is 0 Å². The molecule has 9 heteroatoms. The number of methoxy groups -OCH3 is 1. The first-order chi connectivity index (χ1) is 16.9. The number of amides is 2. The van der Waals surface area contributed by atoms with Crippen molar-refractivity contribution in [2.24, 2.45) is 5.41 Å². The fourth-order valence-corrected chi connectivity index (χ4v) is 4.71. The van der Waals surface area contributed by atoms with Gasteiger partial charge in [0.2, 0.25) is 0 Å². The van der Waals surface area contributed by atoms with Crippen LogP contribution in [0.25, 0.3) is 11.1 Å². The molecule has 0 bridgehead atoms. The highest BCUT2D eigenvalue weighted by molar-refractivity contribution is 5.83. The largest absolute Gasteiger partial charge is 0.481 e. The van der Waals surface area contributed by atoms with Gasteiger partial charge >= 0.3 is 12.1 Å². The van der Waals surface area contributed by atoms with Crippen LogP contribution in [0.5, 0.6) is 0 Å². The van der Waals surface area contributed by atoms with Crippen molar-refractivity contribution in [3.63, 3.8) is 0 Å². The normalized spacial score (nSPS) is 19.8. The van der Waals surface area contributed by atoms with Gasteiger partial charge in [-0.3, -0.25) is 9.59 Å². The van der Waals surface area contributed by atoms with Crippen molar-refractivity contribution >= 4 is 18.0 Å². The minimum atomic E-state index is -1.16. The van der Waals surface area contributed by atoms with Gasteiger partial charge < -0.3 is 30.0 Å². The lowest BCUT2D eigenvalue weighted by atomic mass is 9.82. The van der Waals surface area contributed by atoms with Crippen LogP contribution in [-0.4, -0.2) is 69.2 Å². The van der Waals surface area contributed by atoms with Gasteiger partial charge in [0, 0.05) is 26.2 Å². The fraction of sp³-hybridized carbons (Fsp3) is 0.423. The second kappa shape index (κ2) is 10.9. The summed E-state index contributed by atoms with van der Waals surface area (Å²) in [6, 6.07) is 16.1.